The number of hydrogen-bond donors (Lipinski definition) is 0. The van der Waals surface area contributed by atoms with Gasteiger partial charge in [0.2, 0.25) is 5.88 Å². The average Bonchev–Trinajstić information content (AvgIpc) is 3.19. The van der Waals surface area contributed by atoms with Crippen molar-refractivity contribution >= 4 is 37.3 Å². The summed E-state index contributed by atoms with van der Waals surface area (Å²) in [4.78, 5) is 25.3. The zero-order valence-electron chi connectivity index (χ0n) is 16.2. The molecule has 3 heterocycles. The van der Waals surface area contributed by atoms with Gasteiger partial charge in [-0.3, -0.25) is 4.79 Å². The number of rotatable bonds is 5. The third kappa shape index (κ3) is 3.74. The molecule has 2 unspecified atom stereocenters. The molecule has 2 aliphatic rings. The molecule has 1 fully saturated rings. The van der Waals surface area contributed by atoms with E-state index in [1.165, 1.54) is 16.8 Å². The molecule has 0 saturated carbocycles. The highest BCUT2D eigenvalue weighted by atomic mass is 32.2. The van der Waals surface area contributed by atoms with Gasteiger partial charge in [-0.05, 0) is 44.1 Å². The number of sulfone groups is 1. The van der Waals surface area contributed by atoms with E-state index >= 15 is 0 Å². The predicted molar refractivity (Wildman–Crippen MR) is 109 cm³/mol. The molecule has 28 heavy (non-hydrogen) atoms. The number of carbonyl (C=O) groups is 1. The van der Waals surface area contributed by atoms with E-state index < -0.39 is 9.84 Å². The molecular formula is C19H25N3O4S2. The van der Waals surface area contributed by atoms with Crippen LogP contribution in [0.3, 0.4) is 0 Å². The van der Waals surface area contributed by atoms with Gasteiger partial charge in [-0.2, -0.15) is 0 Å². The largest absolute Gasteiger partial charge is 0.467 e. The summed E-state index contributed by atoms with van der Waals surface area (Å²) in [7, 11) is -3.04. The van der Waals surface area contributed by atoms with Crippen molar-refractivity contribution in [3.05, 3.63) is 16.8 Å². The summed E-state index contributed by atoms with van der Waals surface area (Å²) < 4.78 is 29.4. The third-order valence-electron chi connectivity index (χ3n) is 5.70. The normalized spacial score (nSPS) is 23.5. The summed E-state index contributed by atoms with van der Waals surface area (Å²) >= 11 is 1.69. The molecule has 152 valence electrons. The highest BCUT2D eigenvalue weighted by Crippen LogP contribution is 2.40. The van der Waals surface area contributed by atoms with Gasteiger partial charge in [0, 0.05) is 17.5 Å². The van der Waals surface area contributed by atoms with E-state index in [2.05, 4.69) is 16.9 Å². The van der Waals surface area contributed by atoms with Crippen LogP contribution < -0.4 is 4.74 Å². The van der Waals surface area contributed by atoms with Gasteiger partial charge in [-0.1, -0.05) is 6.92 Å². The second-order valence-electron chi connectivity index (χ2n) is 7.74. The van der Waals surface area contributed by atoms with Crippen LogP contribution in [0.15, 0.2) is 6.33 Å². The van der Waals surface area contributed by atoms with Crippen molar-refractivity contribution in [1.82, 2.24) is 14.9 Å². The summed E-state index contributed by atoms with van der Waals surface area (Å²) in [6, 6.07) is -0.257. The fraction of sp³-hybridized carbons (Fsp3) is 0.632. The third-order valence-corrected chi connectivity index (χ3v) is 8.61. The van der Waals surface area contributed by atoms with Crippen LogP contribution in [0, 0.1) is 5.92 Å². The Bertz CT molecular complexity index is 1000. The first-order valence-electron chi connectivity index (χ1n) is 9.76. The fourth-order valence-electron chi connectivity index (χ4n) is 4.23. The van der Waals surface area contributed by atoms with Crippen molar-refractivity contribution in [2.24, 2.45) is 5.92 Å². The lowest BCUT2D eigenvalue weighted by Gasteiger charge is -2.26. The predicted octanol–water partition coefficient (Wildman–Crippen LogP) is 2.23. The van der Waals surface area contributed by atoms with E-state index in [1.54, 1.807) is 16.2 Å². The summed E-state index contributed by atoms with van der Waals surface area (Å²) in [5.41, 5.74) is 1.26. The monoisotopic (exact) mass is 423 g/mol. The second kappa shape index (κ2) is 7.59. The molecule has 2 aromatic rings. The summed E-state index contributed by atoms with van der Waals surface area (Å²) in [6.07, 6.45) is 5.14. The van der Waals surface area contributed by atoms with Crippen LogP contribution in [0.4, 0.5) is 0 Å². The molecule has 2 aromatic heterocycles. The van der Waals surface area contributed by atoms with Crippen molar-refractivity contribution in [2.75, 3.05) is 24.7 Å². The van der Waals surface area contributed by atoms with E-state index in [0.29, 0.717) is 24.8 Å². The first-order valence-corrected chi connectivity index (χ1v) is 12.4. The number of thiophene rings is 1. The minimum atomic E-state index is -3.04. The Morgan fingerprint density at radius 1 is 1.36 bits per heavy atom. The molecule has 1 aliphatic carbocycles. The standard InChI is InChI=1S/C19H25N3O4S2/c1-3-22(13-6-7-28(24,25)10-13)16(23)9-26-18-17-14-5-4-12(2)8-15(14)27-19(17)21-11-20-18/h11-13H,3-10H2,1-2H3. The molecule has 1 aliphatic heterocycles. The highest BCUT2D eigenvalue weighted by molar-refractivity contribution is 7.91. The van der Waals surface area contributed by atoms with Gasteiger partial charge < -0.3 is 9.64 Å². The molecular weight excluding hydrogens is 398 g/mol. The van der Waals surface area contributed by atoms with Gasteiger partial charge in [0.25, 0.3) is 5.91 Å². The Kier molecular flexibility index (Phi) is 5.30. The van der Waals surface area contributed by atoms with E-state index in [-0.39, 0.29) is 30.1 Å². The van der Waals surface area contributed by atoms with Crippen LogP contribution in [0.2, 0.25) is 0 Å². The van der Waals surface area contributed by atoms with Crippen molar-refractivity contribution in [3.8, 4) is 5.88 Å². The minimum Gasteiger partial charge on any atom is -0.467 e. The van der Waals surface area contributed by atoms with Crippen molar-refractivity contribution < 1.29 is 17.9 Å². The van der Waals surface area contributed by atoms with Crippen molar-refractivity contribution in [1.29, 1.82) is 0 Å². The summed E-state index contributed by atoms with van der Waals surface area (Å²) in [5.74, 6) is 1.12. The van der Waals surface area contributed by atoms with Crippen LogP contribution in [-0.2, 0) is 27.5 Å². The average molecular weight is 424 g/mol. The van der Waals surface area contributed by atoms with Crippen LogP contribution in [0.5, 0.6) is 5.88 Å². The molecule has 1 amide bonds. The number of hydrogen-bond acceptors (Lipinski definition) is 7. The number of likely N-dealkylation sites (N-methyl/N-ethyl adjacent to an activating group) is 1. The topological polar surface area (TPSA) is 89.5 Å². The number of carbonyl (C=O) groups excluding carboxylic acids is 1. The van der Waals surface area contributed by atoms with Crippen molar-refractivity contribution in [2.45, 2.75) is 45.6 Å². The molecule has 9 heteroatoms. The van der Waals surface area contributed by atoms with Gasteiger partial charge in [-0.25, -0.2) is 18.4 Å². The quantitative estimate of drug-likeness (QED) is 0.733. The van der Waals surface area contributed by atoms with Crippen LogP contribution in [0.1, 0.15) is 37.1 Å². The van der Waals surface area contributed by atoms with Crippen LogP contribution >= 0.6 is 11.3 Å². The molecule has 2 atom stereocenters. The Morgan fingerprint density at radius 2 is 2.18 bits per heavy atom. The SMILES string of the molecule is CCN(C(=O)COc1ncnc2sc3c(c12)CCC(C)C3)C1CCS(=O)(=O)C1. The maximum absolute atomic E-state index is 12.7. The molecule has 0 N–H and O–H groups in total. The minimum absolute atomic E-state index is 0.0422. The van der Waals surface area contributed by atoms with Crippen molar-refractivity contribution in [3.63, 3.8) is 0 Å². The van der Waals surface area contributed by atoms with Gasteiger partial charge in [0.15, 0.2) is 16.4 Å². The zero-order chi connectivity index (χ0) is 19.9. The fourth-order valence-corrected chi connectivity index (χ4v) is 7.30. The van der Waals surface area contributed by atoms with Gasteiger partial charge >= 0.3 is 0 Å². The second-order valence-corrected chi connectivity index (χ2v) is 11.0. The number of amides is 1. The Labute approximate surface area is 169 Å². The van der Waals surface area contributed by atoms with E-state index in [0.717, 1.165) is 29.5 Å². The maximum atomic E-state index is 12.7. The Hall–Kier alpha value is -1.74. The number of nitrogens with zero attached hydrogens (tertiary/aromatic N) is 3. The lowest BCUT2D eigenvalue weighted by molar-refractivity contribution is -0.135. The summed E-state index contributed by atoms with van der Waals surface area (Å²) in [6.45, 7) is 4.45. The van der Waals surface area contributed by atoms with Gasteiger partial charge in [0.1, 0.15) is 11.2 Å². The molecule has 0 bridgehead atoms. The Balaban J connectivity index is 1.52. The molecule has 0 spiro atoms. The van der Waals surface area contributed by atoms with Gasteiger partial charge in [-0.15, -0.1) is 11.3 Å². The first-order chi connectivity index (χ1) is 13.4. The number of aryl methyl sites for hydroxylation is 1. The smallest absolute Gasteiger partial charge is 0.260 e. The molecule has 0 radical (unpaired) electrons. The lowest BCUT2D eigenvalue weighted by Crippen LogP contribution is -2.43. The number of aromatic nitrogens is 2. The molecule has 4 rings (SSSR count). The maximum Gasteiger partial charge on any atom is 0.260 e. The van der Waals surface area contributed by atoms with Crippen LogP contribution in [-0.4, -0.2) is 59.9 Å². The van der Waals surface area contributed by atoms with E-state index in [4.69, 9.17) is 4.74 Å². The first kappa shape index (κ1) is 19.6. The lowest BCUT2D eigenvalue weighted by atomic mass is 9.89. The van der Waals surface area contributed by atoms with E-state index in [9.17, 15) is 13.2 Å². The molecule has 0 aromatic carbocycles. The van der Waals surface area contributed by atoms with E-state index in [1.807, 2.05) is 6.92 Å². The zero-order valence-corrected chi connectivity index (χ0v) is 17.8. The molecule has 1 saturated heterocycles. The molecule has 7 nitrogen and oxygen atoms in total. The van der Waals surface area contributed by atoms with Gasteiger partial charge in [0.05, 0.1) is 16.9 Å². The summed E-state index contributed by atoms with van der Waals surface area (Å²) in [5, 5.41) is 0.939. The Morgan fingerprint density at radius 3 is 2.89 bits per heavy atom. The number of fused-ring (bicyclic) bond motifs is 3. The van der Waals surface area contributed by atoms with Crippen LogP contribution in [0.25, 0.3) is 10.2 Å². The number of ether oxygens (including phenoxy) is 1. The highest BCUT2D eigenvalue weighted by Gasteiger charge is 2.34.